The van der Waals surface area contributed by atoms with Gasteiger partial charge in [-0.2, -0.15) is 4.68 Å². The molecule has 4 aromatic rings. The lowest BCUT2D eigenvalue weighted by molar-refractivity contribution is -0.146. The molecule has 1 unspecified atom stereocenters. The van der Waals surface area contributed by atoms with Crippen LogP contribution in [0.3, 0.4) is 0 Å². The molecule has 1 aliphatic rings. The summed E-state index contributed by atoms with van der Waals surface area (Å²) in [7, 11) is 0. The van der Waals surface area contributed by atoms with Gasteiger partial charge in [0, 0.05) is 0 Å². The number of aryl methyl sites for hydroxylation is 1. The van der Waals surface area contributed by atoms with Gasteiger partial charge in [0.15, 0.2) is 5.82 Å². The molecular formula is C30H30N4O4. The summed E-state index contributed by atoms with van der Waals surface area (Å²) in [6.45, 7) is 5.81. The van der Waals surface area contributed by atoms with Crippen LogP contribution < -0.4 is 5.32 Å². The first-order chi connectivity index (χ1) is 18.4. The Labute approximate surface area is 221 Å². The zero-order valence-corrected chi connectivity index (χ0v) is 21.7. The number of ether oxygens (including phenoxy) is 2. The van der Waals surface area contributed by atoms with Crippen molar-refractivity contribution in [2.24, 2.45) is 0 Å². The van der Waals surface area contributed by atoms with E-state index in [1.165, 1.54) is 0 Å². The first-order valence-electron chi connectivity index (χ1n) is 12.7. The van der Waals surface area contributed by atoms with Gasteiger partial charge in [-0.05, 0) is 68.0 Å². The molecule has 38 heavy (non-hydrogen) atoms. The van der Waals surface area contributed by atoms with Crippen LogP contribution in [0.25, 0.3) is 16.8 Å². The first-order valence-corrected chi connectivity index (χ1v) is 12.7. The number of carbonyl (C=O) groups is 2. The highest BCUT2D eigenvalue weighted by molar-refractivity contribution is 5.87. The average molecular weight is 511 g/mol. The maximum atomic E-state index is 12.6. The molecule has 1 atom stereocenters. The van der Waals surface area contributed by atoms with Crippen LogP contribution >= 0.6 is 0 Å². The maximum absolute atomic E-state index is 12.6. The molecule has 3 aromatic carbocycles. The lowest BCUT2D eigenvalue weighted by atomic mass is 9.92. The molecular weight excluding hydrogens is 480 g/mol. The van der Waals surface area contributed by atoms with E-state index in [0.29, 0.717) is 18.1 Å². The van der Waals surface area contributed by atoms with Gasteiger partial charge in [-0.1, -0.05) is 71.9 Å². The van der Waals surface area contributed by atoms with Gasteiger partial charge >= 0.3 is 12.1 Å². The van der Waals surface area contributed by atoms with Gasteiger partial charge in [0.05, 0.1) is 17.7 Å². The molecule has 0 aliphatic heterocycles. The van der Waals surface area contributed by atoms with Crippen LogP contribution in [0.1, 0.15) is 49.6 Å². The van der Waals surface area contributed by atoms with E-state index in [2.05, 4.69) is 21.7 Å². The summed E-state index contributed by atoms with van der Waals surface area (Å²) < 4.78 is 12.5. The fraction of sp³-hybridized carbons (Fsp3) is 0.267. The zero-order chi connectivity index (χ0) is 26.7. The van der Waals surface area contributed by atoms with Gasteiger partial charge in [0.2, 0.25) is 0 Å². The molecule has 0 saturated heterocycles. The number of amides is 1. The van der Waals surface area contributed by atoms with Crippen molar-refractivity contribution in [3.05, 3.63) is 95.7 Å². The Morgan fingerprint density at radius 2 is 1.74 bits per heavy atom. The molecule has 5 rings (SSSR count). The summed E-state index contributed by atoms with van der Waals surface area (Å²) in [5, 5.41) is 11.1. The van der Waals surface area contributed by atoms with Crippen LogP contribution in [-0.2, 0) is 19.7 Å². The van der Waals surface area contributed by atoms with E-state index in [-0.39, 0.29) is 5.97 Å². The van der Waals surface area contributed by atoms with Gasteiger partial charge in [0.25, 0.3) is 0 Å². The maximum Gasteiger partial charge on any atom is 0.413 e. The molecule has 1 heterocycles. The number of benzene rings is 3. The fourth-order valence-corrected chi connectivity index (χ4v) is 4.56. The van der Waals surface area contributed by atoms with E-state index in [0.717, 1.165) is 40.8 Å². The molecule has 1 aliphatic carbocycles. The number of rotatable bonds is 8. The van der Waals surface area contributed by atoms with Gasteiger partial charge in [-0.15, -0.1) is 5.10 Å². The van der Waals surface area contributed by atoms with Gasteiger partial charge in [-0.3, -0.25) is 10.1 Å². The predicted octanol–water partition coefficient (Wildman–Crippen LogP) is 6.15. The van der Waals surface area contributed by atoms with E-state index in [4.69, 9.17) is 9.47 Å². The summed E-state index contributed by atoms with van der Waals surface area (Å²) in [5.74, 6) is 0.292. The number of carbonyl (C=O) groups excluding carboxylic acids is 2. The van der Waals surface area contributed by atoms with Crippen molar-refractivity contribution in [1.29, 1.82) is 0 Å². The number of anilines is 1. The molecule has 0 spiro atoms. The lowest BCUT2D eigenvalue weighted by Gasteiger charge is -2.16. The van der Waals surface area contributed by atoms with Crippen LogP contribution in [0.15, 0.2) is 78.9 Å². The predicted molar refractivity (Wildman–Crippen MR) is 144 cm³/mol. The Hall–Kier alpha value is -4.46. The van der Waals surface area contributed by atoms with Crippen molar-refractivity contribution in [1.82, 2.24) is 15.0 Å². The van der Waals surface area contributed by atoms with Gasteiger partial charge in [0.1, 0.15) is 11.8 Å². The quantitative estimate of drug-likeness (QED) is 0.286. The van der Waals surface area contributed by atoms with Crippen LogP contribution in [-0.4, -0.2) is 33.7 Å². The highest BCUT2D eigenvalue weighted by Crippen LogP contribution is 2.49. The van der Waals surface area contributed by atoms with E-state index < -0.39 is 17.6 Å². The number of nitrogens with zero attached hydrogens (tertiary/aromatic N) is 3. The topological polar surface area (TPSA) is 95.3 Å². The Bertz CT molecular complexity index is 1440. The third kappa shape index (κ3) is 5.02. The third-order valence-electron chi connectivity index (χ3n) is 6.89. The summed E-state index contributed by atoms with van der Waals surface area (Å²) >= 11 is 0. The van der Waals surface area contributed by atoms with Crippen LogP contribution in [0.2, 0.25) is 0 Å². The third-order valence-corrected chi connectivity index (χ3v) is 6.89. The van der Waals surface area contributed by atoms with Crippen molar-refractivity contribution in [3.8, 4) is 16.8 Å². The highest BCUT2D eigenvalue weighted by atomic mass is 16.6. The molecule has 194 valence electrons. The largest absolute Gasteiger partial charge is 0.465 e. The highest BCUT2D eigenvalue weighted by Gasteiger charge is 2.52. The second-order valence-corrected chi connectivity index (χ2v) is 9.45. The SMILES string of the molecule is CCOC(=O)C1(c2cccc(-c3ccc(-n4nnc(C)c4NC(=O)OC(C)c4ccccc4)cc3)c2)CC1. The molecule has 0 radical (unpaired) electrons. The van der Waals surface area contributed by atoms with E-state index >= 15 is 0 Å². The smallest absolute Gasteiger partial charge is 0.413 e. The number of hydrogen-bond donors (Lipinski definition) is 1. The molecule has 1 amide bonds. The molecule has 1 N–H and O–H groups in total. The Balaban J connectivity index is 1.32. The van der Waals surface area contributed by atoms with Crippen molar-refractivity contribution >= 4 is 17.9 Å². The summed E-state index contributed by atoms with van der Waals surface area (Å²) in [5.41, 5.74) is 4.69. The second kappa shape index (κ2) is 10.5. The molecule has 1 saturated carbocycles. The number of hydrogen-bond acceptors (Lipinski definition) is 6. The average Bonchev–Trinajstić information content (AvgIpc) is 3.68. The molecule has 8 nitrogen and oxygen atoms in total. The molecule has 1 fully saturated rings. The summed E-state index contributed by atoms with van der Waals surface area (Å²) in [6.07, 6.45) is 0.622. The minimum atomic E-state index is -0.586. The van der Waals surface area contributed by atoms with Crippen LogP contribution in [0.5, 0.6) is 0 Å². The first kappa shape index (κ1) is 25.2. The van der Waals surface area contributed by atoms with Crippen molar-refractivity contribution < 1.29 is 19.1 Å². The Kier molecular flexibility index (Phi) is 6.96. The number of esters is 1. The minimum Gasteiger partial charge on any atom is -0.465 e. The number of nitrogens with one attached hydrogen (secondary N) is 1. The Morgan fingerprint density at radius 3 is 2.42 bits per heavy atom. The summed E-state index contributed by atoms with van der Waals surface area (Å²) in [4.78, 5) is 25.2. The standard InChI is InChI=1S/C30H30N4O4/c1-4-37-28(35)30(17-18-30)25-12-8-11-24(19-25)23-13-15-26(16-14-23)34-27(20(2)32-33-34)31-29(36)38-21(3)22-9-6-5-7-10-22/h5-16,19,21H,4,17-18H2,1-3H3,(H,31,36). The van der Waals surface area contributed by atoms with Crippen molar-refractivity contribution in [3.63, 3.8) is 0 Å². The van der Waals surface area contributed by atoms with Crippen LogP contribution in [0.4, 0.5) is 10.6 Å². The van der Waals surface area contributed by atoms with Crippen molar-refractivity contribution in [2.45, 2.75) is 45.1 Å². The summed E-state index contributed by atoms with van der Waals surface area (Å²) in [6, 6.07) is 25.4. The monoisotopic (exact) mass is 510 g/mol. The fourth-order valence-electron chi connectivity index (χ4n) is 4.56. The van der Waals surface area contributed by atoms with E-state index in [1.807, 2.05) is 86.6 Å². The van der Waals surface area contributed by atoms with E-state index in [1.54, 1.807) is 11.6 Å². The molecule has 1 aromatic heterocycles. The number of aromatic nitrogens is 3. The van der Waals surface area contributed by atoms with E-state index in [9.17, 15) is 9.59 Å². The lowest BCUT2D eigenvalue weighted by Crippen LogP contribution is -2.23. The zero-order valence-electron chi connectivity index (χ0n) is 21.7. The van der Waals surface area contributed by atoms with Gasteiger partial charge < -0.3 is 9.47 Å². The van der Waals surface area contributed by atoms with Gasteiger partial charge in [-0.25, -0.2) is 4.79 Å². The second-order valence-electron chi connectivity index (χ2n) is 9.45. The van der Waals surface area contributed by atoms with Crippen molar-refractivity contribution in [2.75, 3.05) is 11.9 Å². The minimum absolute atomic E-state index is 0.147. The Morgan fingerprint density at radius 1 is 1.00 bits per heavy atom. The van der Waals surface area contributed by atoms with Crippen LogP contribution in [0, 0.1) is 6.92 Å². The molecule has 0 bridgehead atoms. The molecule has 8 heteroatoms. The normalized spacial score (nSPS) is 14.4.